The van der Waals surface area contributed by atoms with Crippen LogP contribution in [-0.4, -0.2) is 19.6 Å². The van der Waals surface area contributed by atoms with Crippen LogP contribution in [0, 0.1) is 13.8 Å². The monoisotopic (exact) mass is 221 g/mol. The second kappa shape index (κ2) is 5.66. The van der Waals surface area contributed by atoms with Crippen molar-refractivity contribution in [3.8, 4) is 0 Å². The van der Waals surface area contributed by atoms with Gasteiger partial charge in [-0.3, -0.25) is 0 Å². The summed E-state index contributed by atoms with van der Waals surface area (Å²) in [4.78, 5) is 11.8. The molecule has 3 nitrogen and oxygen atoms in total. The molecule has 0 aliphatic rings. The molecule has 0 heterocycles. The summed E-state index contributed by atoms with van der Waals surface area (Å²) < 4.78 is 5.06. The van der Waals surface area contributed by atoms with Crippen molar-refractivity contribution in [3.63, 3.8) is 0 Å². The second-order valence-corrected chi connectivity index (χ2v) is 3.78. The normalized spacial score (nSPS) is 12.2. The minimum absolute atomic E-state index is 0.220. The Balaban J connectivity index is 3.08. The molecule has 1 aromatic carbocycles. The maximum atomic E-state index is 11.8. The first kappa shape index (κ1) is 12.7. The lowest BCUT2D eigenvalue weighted by Gasteiger charge is -2.19. The zero-order valence-electron chi connectivity index (χ0n) is 10.3. The van der Waals surface area contributed by atoms with Crippen LogP contribution in [0.1, 0.15) is 29.7 Å². The SMILES string of the molecule is CCOC(=O)C(NC)c1c(C)cccc1C. The summed E-state index contributed by atoms with van der Waals surface area (Å²) in [6, 6.07) is 5.63. The zero-order chi connectivity index (χ0) is 12.1. The second-order valence-electron chi connectivity index (χ2n) is 3.78. The molecular formula is C13H19NO2. The molecule has 0 aliphatic carbocycles. The maximum Gasteiger partial charge on any atom is 0.327 e. The lowest BCUT2D eigenvalue weighted by Crippen LogP contribution is -2.28. The molecule has 0 aliphatic heterocycles. The molecule has 0 fully saturated rings. The van der Waals surface area contributed by atoms with E-state index in [0.717, 1.165) is 16.7 Å². The predicted octanol–water partition coefficient (Wildman–Crippen LogP) is 2.13. The van der Waals surface area contributed by atoms with Crippen LogP contribution in [0.5, 0.6) is 0 Å². The maximum absolute atomic E-state index is 11.8. The van der Waals surface area contributed by atoms with Gasteiger partial charge in [0.15, 0.2) is 0 Å². The van der Waals surface area contributed by atoms with Gasteiger partial charge in [0, 0.05) is 0 Å². The number of hydrogen-bond acceptors (Lipinski definition) is 3. The Morgan fingerprint density at radius 3 is 2.38 bits per heavy atom. The molecule has 1 N–H and O–H groups in total. The number of hydrogen-bond donors (Lipinski definition) is 1. The van der Waals surface area contributed by atoms with Gasteiger partial charge in [0.25, 0.3) is 0 Å². The topological polar surface area (TPSA) is 38.3 Å². The molecule has 0 aromatic heterocycles. The Hall–Kier alpha value is -1.35. The first-order valence-electron chi connectivity index (χ1n) is 5.51. The molecule has 0 saturated carbocycles. The van der Waals surface area contributed by atoms with Crippen molar-refractivity contribution in [2.24, 2.45) is 0 Å². The van der Waals surface area contributed by atoms with E-state index in [0.29, 0.717) is 6.61 Å². The minimum Gasteiger partial charge on any atom is -0.465 e. The zero-order valence-corrected chi connectivity index (χ0v) is 10.3. The van der Waals surface area contributed by atoms with E-state index in [2.05, 4.69) is 5.32 Å². The lowest BCUT2D eigenvalue weighted by molar-refractivity contribution is -0.145. The Morgan fingerprint density at radius 1 is 1.38 bits per heavy atom. The molecule has 0 bridgehead atoms. The van der Waals surface area contributed by atoms with Gasteiger partial charge in [-0.1, -0.05) is 18.2 Å². The Morgan fingerprint density at radius 2 is 1.94 bits per heavy atom. The van der Waals surface area contributed by atoms with Gasteiger partial charge in [-0.15, -0.1) is 0 Å². The van der Waals surface area contributed by atoms with Crippen LogP contribution >= 0.6 is 0 Å². The molecule has 1 aromatic rings. The summed E-state index contributed by atoms with van der Waals surface area (Å²) >= 11 is 0. The quantitative estimate of drug-likeness (QED) is 0.791. The first-order valence-corrected chi connectivity index (χ1v) is 5.51. The summed E-state index contributed by atoms with van der Waals surface area (Å²) in [5.74, 6) is -0.220. The van der Waals surface area contributed by atoms with Crippen molar-refractivity contribution in [2.75, 3.05) is 13.7 Å². The van der Waals surface area contributed by atoms with Crippen molar-refractivity contribution in [2.45, 2.75) is 26.8 Å². The van der Waals surface area contributed by atoms with Gasteiger partial charge < -0.3 is 10.1 Å². The van der Waals surface area contributed by atoms with Crippen molar-refractivity contribution in [1.82, 2.24) is 5.32 Å². The highest BCUT2D eigenvalue weighted by atomic mass is 16.5. The fraction of sp³-hybridized carbons (Fsp3) is 0.462. The third-order valence-electron chi connectivity index (χ3n) is 2.64. The van der Waals surface area contributed by atoms with E-state index in [9.17, 15) is 4.79 Å². The van der Waals surface area contributed by atoms with Crippen LogP contribution in [0.2, 0.25) is 0 Å². The molecule has 3 heteroatoms. The highest BCUT2D eigenvalue weighted by molar-refractivity contribution is 5.78. The fourth-order valence-electron chi connectivity index (χ4n) is 1.89. The summed E-state index contributed by atoms with van der Waals surface area (Å²) in [6.07, 6.45) is 0. The number of nitrogens with one attached hydrogen (secondary N) is 1. The number of benzene rings is 1. The Kier molecular flexibility index (Phi) is 4.50. The molecule has 0 amide bonds. The van der Waals surface area contributed by atoms with E-state index < -0.39 is 0 Å². The number of likely N-dealkylation sites (N-methyl/N-ethyl adjacent to an activating group) is 1. The van der Waals surface area contributed by atoms with E-state index in [1.165, 1.54) is 0 Å². The third kappa shape index (κ3) is 2.61. The number of ether oxygens (including phenoxy) is 1. The van der Waals surface area contributed by atoms with Gasteiger partial charge in [0.05, 0.1) is 6.61 Å². The fourth-order valence-corrected chi connectivity index (χ4v) is 1.89. The molecule has 1 unspecified atom stereocenters. The Labute approximate surface area is 96.8 Å². The Bertz CT molecular complexity index is 354. The summed E-state index contributed by atoms with van der Waals surface area (Å²) in [7, 11) is 1.77. The molecule has 0 radical (unpaired) electrons. The van der Waals surface area contributed by atoms with Gasteiger partial charge >= 0.3 is 5.97 Å². The average molecular weight is 221 g/mol. The van der Waals surface area contributed by atoms with Gasteiger partial charge in [0.2, 0.25) is 0 Å². The molecule has 1 atom stereocenters. The average Bonchev–Trinajstić information content (AvgIpc) is 2.24. The summed E-state index contributed by atoms with van der Waals surface area (Å²) in [5.41, 5.74) is 3.23. The molecular weight excluding hydrogens is 202 g/mol. The van der Waals surface area contributed by atoms with Gasteiger partial charge in [-0.2, -0.15) is 0 Å². The van der Waals surface area contributed by atoms with Crippen molar-refractivity contribution in [1.29, 1.82) is 0 Å². The highest BCUT2D eigenvalue weighted by Crippen LogP contribution is 2.22. The van der Waals surface area contributed by atoms with Crippen LogP contribution in [0.4, 0.5) is 0 Å². The van der Waals surface area contributed by atoms with Gasteiger partial charge in [0.1, 0.15) is 6.04 Å². The largest absolute Gasteiger partial charge is 0.465 e. The van der Waals surface area contributed by atoms with Crippen LogP contribution in [0.15, 0.2) is 18.2 Å². The van der Waals surface area contributed by atoms with Crippen molar-refractivity contribution in [3.05, 3.63) is 34.9 Å². The highest BCUT2D eigenvalue weighted by Gasteiger charge is 2.22. The third-order valence-corrected chi connectivity index (χ3v) is 2.64. The van der Waals surface area contributed by atoms with Crippen LogP contribution < -0.4 is 5.32 Å². The van der Waals surface area contributed by atoms with E-state index in [-0.39, 0.29) is 12.0 Å². The minimum atomic E-state index is -0.374. The van der Waals surface area contributed by atoms with E-state index in [1.807, 2.05) is 39.0 Å². The first-order chi connectivity index (χ1) is 7.61. The standard InChI is InChI=1S/C13H19NO2/c1-5-16-13(15)12(14-4)11-9(2)7-6-8-10(11)3/h6-8,12,14H,5H2,1-4H3. The van der Waals surface area contributed by atoms with Gasteiger partial charge in [-0.05, 0) is 44.5 Å². The van der Waals surface area contributed by atoms with Gasteiger partial charge in [-0.25, -0.2) is 4.79 Å². The predicted molar refractivity (Wildman–Crippen MR) is 64.3 cm³/mol. The molecule has 16 heavy (non-hydrogen) atoms. The van der Waals surface area contributed by atoms with Crippen molar-refractivity contribution >= 4 is 5.97 Å². The van der Waals surface area contributed by atoms with Crippen LogP contribution in [0.25, 0.3) is 0 Å². The molecule has 0 saturated heterocycles. The number of carbonyl (C=O) groups is 1. The molecule has 1 rings (SSSR count). The summed E-state index contributed by atoms with van der Waals surface area (Å²) in [5, 5.41) is 3.01. The van der Waals surface area contributed by atoms with E-state index in [1.54, 1.807) is 7.05 Å². The number of aryl methyl sites for hydroxylation is 2. The number of rotatable bonds is 4. The molecule has 0 spiro atoms. The van der Waals surface area contributed by atoms with Crippen LogP contribution in [0.3, 0.4) is 0 Å². The number of carbonyl (C=O) groups excluding carboxylic acids is 1. The molecule has 88 valence electrons. The summed E-state index contributed by atoms with van der Waals surface area (Å²) in [6.45, 7) is 6.23. The van der Waals surface area contributed by atoms with Crippen molar-refractivity contribution < 1.29 is 9.53 Å². The smallest absolute Gasteiger partial charge is 0.327 e. The lowest BCUT2D eigenvalue weighted by atomic mass is 9.96. The van der Waals surface area contributed by atoms with E-state index in [4.69, 9.17) is 4.74 Å². The number of esters is 1. The van der Waals surface area contributed by atoms with E-state index >= 15 is 0 Å². The van der Waals surface area contributed by atoms with Crippen LogP contribution in [-0.2, 0) is 9.53 Å².